The van der Waals surface area contributed by atoms with Crippen LogP contribution in [0.2, 0.25) is 0 Å². The molecule has 5 nitrogen and oxygen atoms in total. The molecule has 0 saturated carbocycles. The highest BCUT2D eigenvalue weighted by Crippen LogP contribution is 2.32. The van der Waals surface area contributed by atoms with Gasteiger partial charge in [-0.25, -0.2) is 4.79 Å². The first-order chi connectivity index (χ1) is 9.70. The molecule has 5 heteroatoms. The summed E-state index contributed by atoms with van der Waals surface area (Å²) in [5.74, 6) is -0.506. The van der Waals surface area contributed by atoms with Crippen LogP contribution in [-0.2, 0) is 14.3 Å². The van der Waals surface area contributed by atoms with Gasteiger partial charge in [0.05, 0.1) is 18.2 Å². The standard InChI is InChI=1S/C16H27NO4/c1-9(2)6-12-7-13(16(19)20)8-14(21-10(3)4)15(12)17-11(5)18/h8-10,12,14-15H,6-7H2,1-5H3,(H,17,18)(H,19,20)/t12-,14+,15+/m0/s1. The topological polar surface area (TPSA) is 75.6 Å². The van der Waals surface area contributed by atoms with Crippen LogP contribution in [0.15, 0.2) is 11.6 Å². The van der Waals surface area contributed by atoms with Crippen LogP contribution in [0.25, 0.3) is 0 Å². The van der Waals surface area contributed by atoms with E-state index in [0.29, 0.717) is 17.9 Å². The van der Waals surface area contributed by atoms with E-state index in [1.807, 2.05) is 13.8 Å². The first-order valence-corrected chi connectivity index (χ1v) is 7.57. The Morgan fingerprint density at radius 1 is 1.38 bits per heavy atom. The highest BCUT2D eigenvalue weighted by molar-refractivity contribution is 5.87. The highest BCUT2D eigenvalue weighted by atomic mass is 16.5. The number of carbonyl (C=O) groups is 2. The number of carboxylic acid groups (broad SMARTS) is 1. The second kappa shape index (κ2) is 7.59. The Morgan fingerprint density at radius 2 is 2.00 bits per heavy atom. The normalized spacial score (nSPS) is 25.9. The van der Waals surface area contributed by atoms with E-state index < -0.39 is 12.1 Å². The number of aliphatic carboxylic acids is 1. The summed E-state index contributed by atoms with van der Waals surface area (Å²) < 4.78 is 5.84. The molecule has 120 valence electrons. The molecule has 1 rings (SSSR count). The largest absolute Gasteiger partial charge is 0.478 e. The van der Waals surface area contributed by atoms with Crippen LogP contribution in [0.5, 0.6) is 0 Å². The van der Waals surface area contributed by atoms with Crippen LogP contribution >= 0.6 is 0 Å². The van der Waals surface area contributed by atoms with Crippen LogP contribution in [0.4, 0.5) is 0 Å². The summed E-state index contributed by atoms with van der Waals surface area (Å²) in [6, 6.07) is -0.171. The van der Waals surface area contributed by atoms with Crippen molar-refractivity contribution in [2.75, 3.05) is 0 Å². The van der Waals surface area contributed by atoms with E-state index >= 15 is 0 Å². The molecule has 0 saturated heterocycles. The summed E-state index contributed by atoms with van der Waals surface area (Å²) in [5, 5.41) is 12.2. The molecule has 2 N–H and O–H groups in total. The van der Waals surface area contributed by atoms with Crippen molar-refractivity contribution in [3.8, 4) is 0 Å². The summed E-state index contributed by atoms with van der Waals surface area (Å²) in [6.45, 7) is 9.50. The van der Waals surface area contributed by atoms with Crippen molar-refractivity contribution in [1.29, 1.82) is 0 Å². The van der Waals surface area contributed by atoms with Crippen molar-refractivity contribution in [1.82, 2.24) is 5.32 Å². The van der Waals surface area contributed by atoms with E-state index in [4.69, 9.17) is 4.74 Å². The maximum absolute atomic E-state index is 11.5. The maximum atomic E-state index is 11.5. The van der Waals surface area contributed by atoms with Crippen LogP contribution < -0.4 is 5.32 Å². The van der Waals surface area contributed by atoms with Crippen molar-refractivity contribution >= 4 is 11.9 Å². The van der Waals surface area contributed by atoms with Crippen molar-refractivity contribution in [2.45, 2.75) is 65.7 Å². The lowest BCUT2D eigenvalue weighted by atomic mass is 9.78. The van der Waals surface area contributed by atoms with Gasteiger partial charge in [0.25, 0.3) is 0 Å². The van der Waals surface area contributed by atoms with Gasteiger partial charge in [0, 0.05) is 12.5 Å². The molecule has 0 spiro atoms. The second-order valence-corrected chi connectivity index (χ2v) is 6.47. The zero-order valence-electron chi connectivity index (χ0n) is 13.6. The number of amides is 1. The average Bonchev–Trinajstić information content (AvgIpc) is 2.30. The zero-order valence-corrected chi connectivity index (χ0v) is 13.6. The molecular formula is C16H27NO4. The number of carbonyl (C=O) groups excluding carboxylic acids is 1. The smallest absolute Gasteiger partial charge is 0.331 e. The van der Waals surface area contributed by atoms with Crippen molar-refractivity contribution in [3.63, 3.8) is 0 Å². The summed E-state index contributed by atoms with van der Waals surface area (Å²) in [7, 11) is 0. The fourth-order valence-electron chi connectivity index (χ4n) is 2.91. The molecule has 0 unspecified atom stereocenters. The molecule has 21 heavy (non-hydrogen) atoms. The van der Waals surface area contributed by atoms with E-state index in [1.54, 1.807) is 6.08 Å². The second-order valence-electron chi connectivity index (χ2n) is 6.47. The Labute approximate surface area is 126 Å². The Hall–Kier alpha value is -1.36. The van der Waals surface area contributed by atoms with Crippen LogP contribution in [0.1, 0.15) is 47.5 Å². The molecule has 0 aromatic carbocycles. The summed E-state index contributed by atoms with van der Waals surface area (Å²) in [5.41, 5.74) is 0.382. The molecule has 1 aliphatic carbocycles. The summed E-state index contributed by atoms with van der Waals surface area (Å²) in [6.07, 6.45) is 2.55. The van der Waals surface area contributed by atoms with Gasteiger partial charge in [-0.2, -0.15) is 0 Å². The number of nitrogens with one attached hydrogen (secondary N) is 1. The van der Waals surface area contributed by atoms with Crippen LogP contribution in [0.3, 0.4) is 0 Å². The lowest BCUT2D eigenvalue weighted by Gasteiger charge is -2.38. The highest BCUT2D eigenvalue weighted by Gasteiger charge is 2.36. The lowest BCUT2D eigenvalue weighted by molar-refractivity contribution is -0.133. The predicted molar refractivity (Wildman–Crippen MR) is 80.9 cm³/mol. The Bertz CT molecular complexity index is 415. The van der Waals surface area contributed by atoms with Gasteiger partial charge >= 0.3 is 5.97 Å². The molecule has 0 aliphatic heterocycles. The average molecular weight is 297 g/mol. The molecule has 0 radical (unpaired) electrons. The van der Waals surface area contributed by atoms with Gasteiger partial charge in [-0.1, -0.05) is 13.8 Å². The Kier molecular flexibility index (Phi) is 6.40. The number of hydrogen-bond donors (Lipinski definition) is 2. The first kappa shape index (κ1) is 17.7. The molecule has 0 bridgehead atoms. The van der Waals surface area contributed by atoms with Crippen molar-refractivity contribution < 1.29 is 19.4 Å². The molecule has 3 atom stereocenters. The van der Waals surface area contributed by atoms with Gasteiger partial charge in [0.1, 0.15) is 0 Å². The number of ether oxygens (including phenoxy) is 1. The van der Waals surface area contributed by atoms with Gasteiger partial charge in [-0.05, 0) is 44.6 Å². The lowest BCUT2D eigenvalue weighted by Crippen LogP contribution is -2.51. The first-order valence-electron chi connectivity index (χ1n) is 7.57. The summed E-state index contributed by atoms with van der Waals surface area (Å²) >= 11 is 0. The third kappa shape index (κ3) is 5.50. The predicted octanol–water partition coefficient (Wildman–Crippen LogP) is 2.36. The number of carboxylic acids is 1. The molecule has 0 aromatic rings. The van der Waals surface area contributed by atoms with Crippen LogP contribution in [-0.4, -0.2) is 35.2 Å². The summed E-state index contributed by atoms with van der Waals surface area (Å²) in [4.78, 5) is 22.8. The fourth-order valence-corrected chi connectivity index (χ4v) is 2.91. The molecule has 0 aromatic heterocycles. The van der Waals surface area contributed by atoms with Crippen molar-refractivity contribution in [2.24, 2.45) is 11.8 Å². The van der Waals surface area contributed by atoms with E-state index in [1.165, 1.54) is 6.92 Å². The minimum Gasteiger partial charge on any atom is -0.478 e. The van der Waals surface area contributed by atoms with Crippen LogP contribution in [0, 0.1) is 11.8 Å². The maximum Gasteiger partial charge on any atom is 0.331 e. The monoisotopic (exact) mass is 297 g/mol. The molecule has 1 aliphatic rings. The Morgan fingerprint density at radius 3 is 2.43 bits per heavy atom. The third-order valence-corrected chi connectivity index (χ3v) is 3.56. The Balaban J connectivity index is 3.07. The van der Waals surface area contributed by atoms with E-state index in [-0.39, 0.29) is 24.0 Å². The van der Waals surface area contributed by atoms with Gasteiger partial charge < -0.3 is 15.2 Å². The molecule has 0 heterocycles. The van der Waals surface area contributed by atoms with Crippen molar-refractivity contribution in [3.05, 3.63) is 11.6 Å². The molecule has 0 fully saturated rings. The van der Waals surface area contributed by atoms with Gasteiger partial charge in [0.2, 0.25) is 5.91 Å². The van der Waals surface area contributed by atoms with E-state index in [2.05, 4.69) is 19.2 Å². The number of rotatable bonds is 6. The molecular weight excluding hydrogens is 270 g/mol. The zero-order chi connectivity index (χ0) is 16.2. The fraction of sp³-hybridized carbons (Fsp3) is 0.750. The van der Waals surface area contributed by atoms with Gasteiger partial charge in [-0.3, -0.25) is 4.79 Å². The minimum atomic E-state index is -0.901. The van der Waals surface area contributed by atoms with Gasteiger partial charge in [0.15, 0.2) is 0 Å². The SMILES string of the molecule is CC(=O)N[C@@H]1[C@@H](CC(C)C)CC(C(=O)O)=C[C@H]1OC(C)C. The van der Waals surface area contributed by atoms with Gasteiger partial charge in [-0.15, -0.1) is 0 Å². The minimum absolute atomic E-state index is 0.0321. The van der Waals surface area contributed by atoms with E-state index in [0.717, 1.165) is 6.42 Å². The molecule has 1 amide bonds. The quantitative estimate of drug-likeness (QED) is 0.789. The number of hydrogen-bond acceptors (Lipinski definition) is 3. The third-order valence-electron chi connectivity index (χ3n) is 3.56. The van der Waals surface area contributed by atoms with E-state index in [9.17, 15) is 14.7 Å².